The fourth-order valence-corrected chi connectivity index (χ4v) is 5.11. The summed E-state index contributed by atoms with van der Waals surface area (Å²) in [5.41, 5.74) is 1.23. The molecule has 176 valence electrons. The van der Waals surface area contributed by atoms with Crippen LogP contribution in [-0.4, -0.2) is 77.8 Å². The number of nitrogens with one attached hydrogen (secondary N) is 2. The molecule has 0 saturated carbocycles. The van der Waals surface area contributed by atoms with Crippen LogP contribution in [0.2, 0.25) is 0 Å². The van der Waals surface area contributed by atoms with Crippen LogP contribution in [-0.2, 0) is 9.59 Å². The Kier molecular flexibility index (Phi) is 9.41. The average molecular weight is 461 g/mol. The molecule has 2 N–H and O–H groups in total. The molecule has 2 atom stereocenters. The summed E-state index contributed by atoms with van der Waals surface area (Å²) < 4.78 is 0. The van der Waals surface area contributed by atoms with Gasteiger partial charge in [-0.3, -0.25) is 19.3 Å². The third-order valence-electron chi connectivity index (χ3n) is 6.25. The van der Waals surface area contributed by atoms with Crippen molar-refractivity contribution < 1.29 is 14.4 Å². The lowest BCUT2D eigenvalue weighted by molar-refractivity contribution is -0.128. The molecule has 0 aromatic heterocycles. The van der Waals surface area contributed by atoms with E-state index < -0.39 is 0 Å². The van der Waals surface area contributed by atoms with E-state index in [4.69, 9.17) is 0 Å². The number of amides is 3. The molecule has 2 unspecified atom stereocenters. The van der Waals surface area contributed by atoms with E-state index >= 15 is 0 Å². The van der Waals surface area contributed by atoms with Crippen molar-refractivity contribution >= 4 is 35.2 Å². The third-order valence-corrected chi connectivity index (χ3v) is 7.19. The van der Waals surface area contributed by atoms with E-state index in [0.717, 1.165) is 50.3 Å². The number of carbonyl (C=O) groups is 3. The van der Waals surface area contributed by atoms with Crippen molar-refractivity contribution in [3.8, 4) is 0 Å². The van der Waals surface area contributed by atoms with Crippen LogP contribution in [0.15, 0.2) is 24.3 Å². The van der Waals surface area contributed by atoms with Crippen molar-refractivity contribution in [2.45, 2.75) is 45.6 Å². The molecule has 0 aliphatic carbocycles. The van der Waals surface area contributed by atoms with E-state index in [1.807, 2.05) is 28.8 Å². The molecular weight excluding hydrogens is 424 g/mol. The minimum atomic E-state index is -0.122. The number of hydrogen-bond acceptors (Lipinski definition) is 5. The predicted molar refractivity (Wildman–Crippen MR) is 130 cm³/mol. The van der Waals surface area contributed by atoms with Gasteiger partial charge in [-0.1, -0.05) is 19.4 Å². The smallest absolute Gasteiger partial charge is 0.253 e. The van der Waals surface area contributed by atoms with Gasteiger partial charge in [0.2, 0.25) is 11.8 Å². The van der Waals surface area contributed by atoms with Crippen molar-refractivity contribution in [2.24, 2.45) is 5.92 Å². The summed E-state index contributed by atoms with van der Waals surface area (Å²) in [4.78, 5) is 41.9. The molecule has 7 nitrogen and oxygen atoms in total. The number of likely N-dealkylation sites (tertiary alicyclic amines) is 1. The summed E-state index contributed by atoms with van der Waals surface area (Å²) in [6.07, 6.45) is 3.80. The van der Waals surface area contributed by atoms with Crippen LogP contribution in [0.25, 0.3) is 0 Å². The van der Waals surface area contributed by atoms with Gasteiger partial charge < -0.3 is 15.5 Å². The monoisotopic (exact) mass is 460 g/mol. The Hall–Kier alpha value is -2.06. The summed E-state index contributed by atoms with van der Waals surface area (Å²) in [7, 11) is 0. The normalized spacial score (nSPS) is 21.8. The van der Waals surface area contributed by atoms with Crippen molar-refractivity contribution in [3.63, 3.8) is 0 Å². The zero-order valence-electron chi connectivity index (χ0n) is 19.3. The number of benzene rings is 1. The Morgan fingerprint density at radius 2 is 1.94 bits per heavy atom. The quantitative estimate of drug-likeness (QED) is 0.583. The molecule has 3 amide bonds. The number of piperidine rings is 1. The van der Waals surface area contributed by atoms with Gasteiger partial charge in [-0.05, 0) is 44.4 Å². The Morgan fingerprint density at radius 3 is 2.69 bits per heavy atom. The molecule has 32 heavy (non-hydrogen) atoms. The minimum Gasteiger partial charge on any atom is -0.356 e. The summed E-state index contributed by atoms with van der Waals surface area (Å²) in [6, 6.07) is 7.43. The fourth-order valence-electron chi connectivity index (χ4n) is 4.21. The lowest BCUT2D eigenvalue weighted by Gasteiger charge is -2.36. The van der Waals surface area contributed by atoms with Gasteiger partial charge >= 0.3 is 0 Å². The van der Waals surface area contributed by atoms with Crippen LogP contribution in [0.4, 0.5) is 5.69 Å². The zero-order valence-corrected chi connectivity index (χ0v) is 20.1. The predicted octanol–water partition coefficient (Wildman–Crippen LogP) is 2.83. The maximum atomic E-state index is 12.7. The van der Waals surface area contributed by atoms with Crippen molar-refractivity contribution in [1.29, 1.82) is 0 Å². The number of nitrogens with zero attached hydrogens (tertiary/aromatic N) is 2. The minimum absolute atomic E-state index is 0.0166. The second-order valence-corrected chi connectivity index (χ2v) is 9.96. The SMILES string of the molecule is CCCCNC(=O)C1CCC(C)N(CC(=O)Nc2cccc(C(=O)N3CCSCC3)c2)C1. The lowest BCUT2D eigenvalue weighted by Crippen LogP contribution is -2.49. The second-order valence-electron chi connectivity index (χ2n) is 8.73. The van der Waals surface area contributed by atoms with Crippen LogP contribution in [0.3, 0.4) is 0 Å². The maximum Gasteiger partial charge on any atom is 0.253 e. The third kappa shape index (κ3) is 6.97. The van der Waals surface area contributed by atoms with Crippen LogP contribution in [0.1, 0.15) is 49.9 Å². The van der Waals surface area contributed by atoms with E-state index in [2.05, 4.69) is 29.4 Å². The molecule has 2 heterocycles. The molecule has 2 aliphatic heterocycles. The standard InChI is InChI=1S/C24H36N4O3S/c1-3-4-10-25-23(30)20-9-8-18(2)28(16-20)17-22(29)26-21-7-5-6-19(15-21)24(31)27-11-13-32-14-12-27/h5-7,15,18,20H,3-4,8-14,16-17H2,1-2H3,(H,25,30)(H,26,29). The van der Waals surface area contributed by atoms with Crippen molar-refractivity contribution in [2.75, 3.05) is 49.5 Å². The van der Waals surface area contributed by atoms with Crippen molar-refractivity contribution in [1.82, 2.24) is 15.1 Å². The van der Waals surface area contributed by atoms with Gasteiger partial charge in [-0.15, -0.1) is 0 Å². The molecule has 2 fully saturated rings. The summed E-state index contributed by atoms with van der Waals surface area (Å²) in [5, 5.41) is 5.96. The molecule has 2 aliphatic rings. The van der Waals surface area contributed by atoms with E-state index in [-0.39, 0.29) is 36.2 Å². The van der Waals surface area contributed by atoms with Gasteiger partial charge in [0.25, 0.3) is 5.91 Å². The molecular formula is C24H36N4O3S. The first-order valence-corrected chi connectivity index (χ1v) is 12.9. The van der Waals surface area contributed by atoms with E-state index in [9.17, 15) is 14.4 Å². The molecule has 1 aromatic rings. The first kappa shape index (κ1) is 24.6. The Morgan fingerprint density at radius 1 is 1.16 bits per heavy atom. The summed E-state index contributed by atoms with van der Waals surface area (Å²) in [5.74, 6) is 1.85. The largest absolute Gasteiger partial charge is 0.356 e. The molecule has 0 radical (unpaired) electrons. The summed E-state index contributed by atoms with van der Waals surface area (Å²) >= 11 is 1.87. The van der Waals surface area contributed by atoms with Gasteiger partial charge in [0, 0.05) is 55.0 Å². The Labute approximate surface area is 195 Å². The van der Waals surface area contributed by atoms with Crippen LogP contribution >= 0.6 is 11.8 Å². The van der Waals surface area contributed by atoms with Crippen molar-refractivity contribution in [3.05, 3.63) is 29.8 Å². The van der Waals surface area contributed by atoms with Crippen LogP contribution in [0.5, 0.6) is 0 Å². The van der Waals surface area contributed by atoms with Crippen LogP contribution < -0.4 is 10.6 Å². The molecule has 0 bridgehead atoms. The molecule has 0 spiro atoms. The van der Waals surface area contributed by atoms with Crippen LogP contribution in [0, 0.1) is 5.92 Å². The van der Waals surface area contributed by atoms with E-state index in [0.29, 0.717) is 24.3 Å². The first-order valence-electron chi connectivity index (χ1n) is 11.8. The highest BCUT2D eigenvalue weighted by atomic mass is 32.2. The molecule has 3 rings (SSSR count). The first-order chi connectivity index (χ1) is 15.5. The number of carbonyl (C=O) groups excluding carboxylic acids is 3. The number of unbranched alkanes of at least 4 members (excludes halogenated alkanes) is 1. The highest BCUT2D eigenvalue weighted by Crippen LogP contribution is 2.22. The maximum absolute atomic E-state index is 12.7. The summed E-state index contributed by atoms with van der Waals surface area (Å²) in [6.45, 7) is 7.29. The highest BCUT2D eigenvalue weighted by molar-refractivity contribution is 7.99. The molecule has 8 heteroatoms. The number of hydrogen-bond donors (Lipinski definition) is 2. The number of rotatable bonds is 8. The highest BCUT2D eigenvalue weighted by Gasteiger charge is 2.30. The Bertz CT molecular complexity index is 797. The number of anilines is 1. The number of thioether (sulfide) groups is 1. The van der Waals surface area contributed by atoms with E-state index in [1.165, 1.54) is 0 Å². The van der Waals surface area contributed by atoms with Gasteiger partial charge in [0.15, 0.2) is 0 Å². The molecule has 1 aromatic carbocycles. The Balaban J connectivity index is 1.54. The average Bonchev–Trinajstić information content (AvgIpc) is 2.80. The lowest BCUT2D eigenvalue weighted by atomic mass is 9.92. The fraction of sp³-hybridized carbons (Fsp3) is 0.625. The molecule has 2 saturated heterocycles. The van der Waals surface area contributed by atoms with E-state index in [1.54, 1.807) is 12.1 Å². The second kappa shape index (κ2) is 12.3. The zero-order chi connectivity index (χ0) is 22.9. The topological polar surface area (TPSA) is 81.8 Å². The van der Waals surface area contributed by atoms with Gasteiger partial charge in [-0.25, -0.2) is 0 Å². The van der Waals surface area contributed by atoms with Gasteiger partial charge in [0.1, 0.15) is 0 Å². The van der Waals surface area contributed by atoms with Gasteiger partial charge in [0.05, 0.1) is 12.5 Å². The van der Waals surface area contributed by atoms with Gasteiger partial charge in [-0.2, -0.15) is 11.8 Å².